The summed E-state index contributed by atoms with van der Waals surface area (Å²) in [5.41, 5.74) is 5.12. The third kappa shape index (κ3) is 5.32. The van der Waals surface area contributed by atoms with Gasteiger partial charge in [-0.05, 0) is 41.8 Å². The van der Waals surface area contributed by atoms with E-state index in [1.54, 1.807) is 24.3 Å². The van der Waals surface area contributed by atoms with Crippen molar-refractivity contribution in [3.8, 4) is 11.3 Å². The second kappa shape index (κ2) is 10.5. The number of rotatable bonds is 8. The Morgan fingerprint density at radius 3 is 2.41 bits per heavy atom. The molecule has 1 aromatic heterocycles. The minimum absolute atomic E-state index is 0.111. The number of likely N-dealkylation sites (N-methyl/N-ethyl adjacent to an activating group) is 1. The van der Waals surface area contributed by atoms with E-state index < -0.39 is 0 Å². The molecule has 1 heterocycles. The van der Waals surface area contributed by atoms with Gasteiger partial charge in [0.15, 0.2) is 0 Å². The lowest BCUT2D eigenvalue weighted by atomic mass is 10.0. The number of para-hydroxylation sites is 1. The van der Waals surface area contributed by atoms with Gasteiger partial charge in [0.05, 0.1) is 6.54 Å². The number of aryl methyl sites for hydroxylation is 1. The molecule has 0 saturated carbocycles. The largest absolute Gasteiger partial charge is 0.358 e. The highest BCUT2D eigenvalue weighted by molar-refractivity contribution is 5.99. The van der Waals surface area contributed by atoms with E-state index in [1.165, 1.54) is 7.05 Å². The molecule has 0 aliphatic rings. The molecule has 172 valence electrons. The van der Waals surface area contributed by atoms with Gasteiger partial charge in [-0.1, -0.05) is 54.6 Å². The number of H-pyrrole nitrogens is 1. The SMILES string of the molecule is CNC(=O)CNC(=O)c1cccc(NC(=O)CCc2c(-c3ccccc3)[nH]c3ccccc23)c1. The summed E-state index contributed by atoms with van der Waals surface area (Å²) in [5, 5.41) is 8.97. The highest BCUT2D eigenvalue weighted by Crippen LogP contribution is 2.31. The van der Waals surface area contributed by atoms with Gasteiger partial charge in [0.1, 0.15) is 0 Å². The lowest BCUT2D eigenvalue weighted by molar-refractivity contribution is -0.119. The molecule has 3 aromatic carbocycles. The second-order valence-electron chi connectivity index (χ2n) is 7.87. The van der Waals surface area contributed by atoms with Crippen LogP contribution in [0.2, 0.25) is 0 Å². The number of fused-ring (bicyclic) bond motifs is 1. The van der Waals surface area contributed by atoms with E-state index in [-0.39, 0.29) is 30.7 Å². The first kappa shape index (κ1) is 22.8. The van der Waals surface area contributed by atoms with Crippen molar-refractivity contribution in [3.05, 3.63) is 90.0 Å². The topological polar surface area (TPSA) is 103 Å². The van der Waals surface area contributed by atoms with Gasteiger partial charge in [-0.25, -0.2) is 0 Å². The van der Waals surface area contributed by atoms with Gasteiger partial charge in [0, 0.05) is 41.3 Å². The fraction of sp³-hybridized carbons (Fsp3) is 0.148. The monoisotopic (exact) mass is 454 g/mol. The Morgan fingerprint density at radius 1 is 0.853 bits per heavy atom. The van der Waals surface area contributed by atoms with Crippen LogP contribution in [0.1, 0.15) is 22.3 Å². The molecule has 3 amide bonds. The van der Waals surface area contributed by atoms with E-state index in [0.29, 0.717) is 17.7 Å². The summed E-state index contributed by atoms with van der Waals surface area (Å²) in [5.74, 6) is -0.817. The minimum atomic E-state index is -0.383. The number of amides is 3. The normalized spacial score (nSPS) is 10.6. The molecule has 0 bridgehead atoms. The van der Waals surface area contributed by atoms with E-state index in [0.717, 1.165) is 27.7 Å². The number of hydrogen-bond acceptors (Lipinski definition) is 3. The molecule has 0 radical (unpaired) electrons. The van der Waals surface area contributed by atoms with Crippen LogP contribution in [-0.4, -0.2) is 36.3 Å². The molecule has 7 heteroatoms. The van der Waals surface area contributed by atoms with Crippen molar-refractivity contribution in [2.24, 2.45) is 0 Å². The minimum Gasteiger partial charge on any atom is -0.358 e. The molecule has 0 unspecified atom stereocenters. The van der Waals surface area contributed by atoms with E-state index in [2.05, 4.69) is 39.1 Å². The summed E-state index contributed by atoms with van der Waals surface area (Å²) < 4.78 is 0. The molecule has 4 N–H and O–H groups in total. The molecule has 4 rings (SSSR count). The van der Waals surface area contributed by atoms with Gasteiger partial charge in [0.2, 0.25) is 11.8 Å². The van der Waals surface area contributed by atoms with Crippen LogP contribution < -0.4 is 16.0 Å². The zero-order valence-corrected chi connectivity index (χ0v) is 18.9. The molecule has 0 spiro atoms. The number of benzene rings is 3. The van der Waals surface area contributed by atoms with Crippen LogP contribution in [0.5, 0.6) is 0 Å². The number of aromatic amines is 1. The Labute approximate surface area is 197 Å². The molecular formula is C27H26N4O3. The van der Waals surface area contributed by atoms with Crippen molar-refractivity contribution in [2.75, 3.05) is 18.9 Å². The first-order chi connectivity index (χ1) is 16.5. The average molecular weight is 455 g/mol. The Kier molecular flexibility index (Phi) is 7.03. The molecule has 0 saturated heterocycles. The van der Waals surface area contributed by atoms with Crippen LogP contribution in [0, 0.1) is 0 Å². The maximum atomic E-state index is 12.8. The molecule has 7 nitrogen and oxygen atoms in total. The van der Waals surface area contributed by atoms with Gasteiger partial charge >= 0.3 is 0 Å². The van der Waals surface area contributed by atoms with Gasteiger partial charge in [-0.2, -0.15) is 0 Å². The number of anilines is 1. The fourth-order valence-corrected chi connectivity index (χ4v) is 3.86. The number of nitrogens with one attached hydrogen (secondary N) is 4. The Hall–Kier alpha value is -4.39. The number of carbonyl (C=O) groups excluding carboxylic acids is 3. The maximum Gasteiger partial charge on any atom is 0.251 e. The standard InChI is InChI=1S/C27H26N4O3/c1-28-25(33)17-29-27(34)19-10-7-11-20(16-19)30-24(32)15-14-22-21-12-5-6-13-23(21)31-26(22)18-8-3-2-4-9-18/h2-13,16,31H,14-15,17H2,1H3,(H,28,33)(H,29,34)(H,30,32). The van der Waals surface area contributed by atoms with Crippen molar-refractivity contribution in [1.29, 1.82) is 0 Å². The first-order valence-electron chi connectivity index (χ1n) is 11.1. The van der Waals surface area contributed by atoms with E-state index >= 15 is 0 Å². The Bertz CT molecular complexity index is 1330. The van der Waals surface area contributed by atoms with Crippen molar-refractivity contribution in [1.82, 2.24) is 15.6 Å². The fourth-order valence-electron chi connectivity index (χ4n) is 3.86. The highest BCUT2D eigenvalue weighted by atomic mass is 16.2. The van der Waals surface area contributed by atoms with Crippen LogP contribution in [0.25, 0.3) is 22.2 Å². The summed E-state index contributed by atoms with van der Waals surface area (Å²) >= 11 is 0. The van der Waals surface area contributed by atoms with Crippen molar-refractivity contribution in [3.63, 3.8) is 0 Å². The molecular weight excluding hydrogens is 428 g/mol. The van der Waals surface area contributed by atoms with Crippen LogP contribution in [0.15, 0.2) is 78.9 Å². The summed E-state index contributed by atoms with van der Waals surface area (Å²) in [6.07, 6.45) is 0.848. The van der Waals surface area contributed by atoms with Gasteiger partial charge in [0.25, 0.3) is 5.91 Å². The molecule has 4 aromatic rings. The van der Waals surface area contributed by atoms with E-state index in [9.17, 15) is 14.4 Å². The Morgan fingerprint density at radius 2 is 1.62 bits per heavy atom. The Balaban J connectivity index is 1.45. The smallest absolute Gasteiger partial charge is 0.251 e. The summed E-state index contributed by atoms with van der Waals surface area (Å²) in [4.78, 5) is 39.9. The molecule has 0 aliphatic heterocycles. The third-order valence-corrected chi connectivity index (χ3v) is 5.58. The zero-order chi connectivity index (χ0) is 23.9. The molecule has 0 fully saturated rings. The van der Waals surface area contributed by atoms with Crippen LogP contribution >= 0.6 is 0 Å². The third-order valence-electron chi connectivity index (χ3n) is 5.58. The quantitative estimate of drug-likeness (QED) is 0.325. The maximum absolute atomic E-state index is 12.8. The molecule has 0 atom stereocenters. The zero-order valence-electron chi connectivity index (χ0n) is 18.9. The molecule has 0 aliphatic carbocycles. The number of hydrogen-bond donors (Lipinski definition) is 4. The predicted octanol–water partition coefficient (Wildman–Crippen LogP) is 3.88. The van der Waals surface area contributed by atoms with Crippen molar-refractivity contribution < 1.29 is 14.4 Å². The van der Waals surface area contributed by atoms with E-state index in [4.69, 9.17) is 0 Å². The average Bonchev–Trinajstić information content (AvgIpc) is 3.25. The second-order valence-corrected chi connectivity index (χ2v) is 7.87. The van der Waals surface area contributed by atoms with Crippen LogP contribution in [0.3, 0.4) is 0 Å². The lowest BCUT2D eigenvalue weighted by Gasteiger charge is -2.09. The van der Waals surface area contributed by atoms with Gasteiger partial charge in [-0.3, -0.25) is 14.4 Å². The number of carbonyl (C=O) groups is 3. The van der Waals surface area contributed by atoms with Gasteiger partial charge in [-0.15, -0.1) is 0 Å². The highest BCUT2D eigenvalue weighted by Gasteiger charge is 2.15. The number of aromatic nitrogens is 1. The summed E-state index contributed by atoms with van der Waals surface area (Å²) in [6.45, 7) is -0.111. The summed E-state index contributed by atoms with van der Waals surface area (Å²) in [6, 6.07) is 24.8. The van der Waals surface area contributed by atoms with Crippen molar-refractivity contribution >= 4 is 34.3 Å². The van der Waals surface area contributed by atoms with Crippen LogP contribution in [0.4, 0.5) is 5.69 Å². The molecule has 34 heavy (non-hydrogen) atoms. The van der Waals surface area contributed by atoms with Crippen molar-refractivity contribution in [2.45, 2.75) is 12.8 Å². The van der Waals surface area contributed by atoms with Gasteiger partial charge < -0.3 is 20.9 Å². The summed E-state index contributed by atoms with van der Waals surface area (Å²) in [7, 11) is 1.50. The van der Waals surface area contributed by atoms with Crippen LogP contribution in [-0.2, 0) is 16.0 Å². The lowest BCUT2D eigenvalue weighted by Crippen LogP contribution is -2.35. The van der Waals surface area contributed by atoms with E-state index in [1.807, 2.05) is 36.4 Å². The first-order valence-corrected chi connectivity index (χ1v) is 11.1. The predicted molar refractivity (Wildman–Crippen MR) is 134 cm³/mol.